The van der Waals surface area contributed by atoms with E-state index < -0.39 is 41.0 Å². The van der Waals surface area contributed by atoms with Crippen LogP contribution >= 0.6 is 0 Å². The number of anilines is 2. The van der Waals surface area contributed by atoms with Crippen LogP contribution in [-0.4, -0.2) is 114 Å². The molecule has 0 aliphatic carbocycles. The van der Waals surface area contributed by atoms with Gasteiger partial charge in [0, 0.05) is 41.3 Å². The first-order valence-corrected chi connectivity index (χ1v) is 16.7. The zero-order chi connectivity index (χ0) is 38.1. The van der Waals surface area contributed by atoms with Gasteiger partial charge in [-0.15, -0.1) is 0 Å². The smallest absolute Gasteiger partial charge is 0.407 e. The number of aromatic nitrogens is 4. The van der Waals surface area contributed by atoms with Gasteiger partial charge in [-0.3, -0.25) is 9.59 Å². The molecule has 19 heteroatoms. The zero-order valence-corrected chi connectivity index (χ0v) is 29.5. The summed E-state index contributed by atoms with van der Waals surface area (Å²) in [4.78, 5) is 65.1. The molecule has 1 aromatic carbocycles. The number of ether oxygens (including phenoxy) is 2. The molecule has 3 aromatic rings. The van der Waals surface area contributed by atoms with Crippen molar-refractivity contribution in [3.8, 4) is 5.88 Å². The van der Waals surface area contributed by atoms with Gasteiger partial charge in [0.25, 0.3) is 5.91 Å². The van der Waals surface area contributed by atoms with E-state index >= 15 is 0 Å². The molecule has 0 saturated carbocycles. The topological polar surface area (TPSA) is 276 Å². The molecule has 282 valence electrons. The summed E-state index contributed by atoms with van der Waals surface area (Å²) in [5.74, 6) is -2.83. The molecule has 1 saturated heterocycles. The third-order valence-electron chi connectivity index (χ3n) is 8.33. The van der Waals surface area contributed by atoms with Crippen molar-refractivity contribution in [2.24, 2.45) is 0 Å². The van der Waals surface area contributed by atoms with Crippen LogP contribution in [0, 0.1) is 0 Å². The number of nitrogens with one attached hydrogen (secondary N) is 4. The normalized spacial score (nSPS) is 16.1. The Morgan fingerprint density at radius 1 is 1.02 bits per heavy atom. The zero-order valence-electron chi connectivity index (χ0n) is 29.5. The van der Waals surface area contributed by atoms with Crippen LogP contribution in [0.15, 0.2) is 30.5 Å². The number of hydroxylamine groups is 2. The maximum atomic E-state index is 12.8. The van der Waals surface area contributed by atoms with Crippen LogP contribution in [0.4, 0.5) is 16.4 Å². The average molecular weight is 727 g/mol. The number of fused-ring (bicyclic) bond motifs is 1. The summed E-state index contributed by atoms with van der Waals surface area (Å²) in [6, 6.07) is 4.81. The highest BCUT2D eigenvalue weighted by molar-refractivity contribution is 5.97. The Bertz CT molecular complexity index is 1720. The van der Waals surface area contributed by atoms with Crippen molar-refractivity contribution >= 4 is 46.7 Å². The summed E-state index contributed by atoms with van der Waals surface area (Å²) in [5.41, 5.74) is 6.07. The highest BCUT2D eigenvalue weighted by atomic mass is 16.6. The van der Waals surface area contributed by atoms with Gasteiger partial charge in [0.05, 0.1) is 31.6 Å². The Hall–Kier alpha value is -5.40. The summed E-state index contributed by atoms with van der Waals surface area (Å²) in [6.45, 7) is 8.24. The third-order valence-corrected chi connectivity index (χ3v) is 8.33. The van der Waals surface area contributed by atoms with Gasteiger partial charge in [-0.05, 0) is 71.2 Å². The van der Waals surface area contributed by atoms with Gasteiger partial charge in [-0.25, -0.2) is 19.6 Å². The summed E-state index contributed by atoms with van der Waals surface area (Å²) in [6.07, 6.45) is 1.71. The Morgan fingerprint density at radius 2 is 1.71 bits per heavy atom. The van der Waals surface area contributed by atoms with Crippen LogP contribution in [0.5, 0.6) is 5.88 Å². The third kappa shape index (κ3) is 11.0. The van der Waals surface area contributed by atoms with Crippen molar-refractivity contribution in [3.05, 3.63) is 41.7 Å². The minimum absolute atomic E-state index is 0.00398. The molecular formula is C33H46N10O9. The van der Waals surface area contributed by atoms with Gasteiger partial charge >= 0.3 is 12.1 Å². The number of carbonyl (C=O) groups is 4. The number of benzene rings is 1. The van der Waals surface area contributed by atoms with E-state index in [9.17, 15) is 34.6 Å². The van der Waals surface area contributed by atoms with Crippen molar-refractivity contribution in [2.75, 3.05) is 37.4 Å². The number of piperidine rings is 1. The first-order chi connectivity index (χ1) is 24.5. The summed E-state index contributed by atoms with van der Waals surface area (Å²) in [5, 5.41) is 42.3. The second-order valence-electron chi connectivity index (χ2n) is 13.6. The molecule has 3 heterocycles. The van der Waals surface area contributed by atoms with E-state index in [0.717, 1.165) is 0 Å². The number of carbonyl (C=O) groups excluding carboxylic acids is 3. The van der Waals surface area contributed by atoms with Gasteiger partial charge in [0.1, 0.15) is 12.6 Å². The van der Waals surface area contributed by atoms with Gasteiger partial charge in [0.2, 0.25) is 17.7 Å². The highest BCUT2D eigenvalue weighted by Gasteiger charge is 2.45. The summed E-state index contributed by atoms with van der Waals surface area (Å²) in [7, 11) is 0. The number of nitrogens with zero attached hydrogens (tertiary/aromatic N) is 5. The van der Waals surface area contributed by atoms with E-state index in [1.54, 1.807) is 12.1 Å². The summed E-state index contributed by atoms with van der Waals surface area (Å²) >= 11 is 0. The number of amides is 3. The van der Waals surface area contributed by atoms with Crippen molar-refractivity contribution < 1.29 is 44.1 Å². The number of carboxylic acids is 1. The minimum atomic E-state index is -1.30. The van der Waals surface area contributed by atoms with E-state index in [2.05, 4.69) is 41.2 Å². The van der Waals surface area contributed by atoms with Crippen molar-refractivity contribution in [1.82, 2.24) is 40.9 Å². The second kappa shape index (κ2) is 17.2. The minimum Gasteiger partial charge on any atom is -0.492 e. The molecule has 0 spiro atoms. The molecule has 9 N–H and O–H groups in total. The lowest BCUT2D eigenvalue weighted by atomic mass is 9.79. The summed E-state index contributed by atoms with van der Waals surface area (Å²) < 4.78 is 10.6. The quantitative estimate of drug-likeness (QED) is 0.0972. The number of nitrogen functional groups attached to an aromatic ring is 1. The number of aliphatic carboxylic acids is 1. The lowest BCUT2D eigenvalue weighted by Gasteiger charge is -2.51. The Balaban J connectivity index is 1.10. The van der Waals surface area contributed by atoms with Gasteiger partial charge in [0.15, 0.2) is 11.2 Å². The van der Waals surface area contributed by atoms with Gasteiger partial charge in [-0.1, -0.05) is 0 Å². The first kappa shape index (κ1) is 39.4. The number of hydrogen-bond donors (Lipinski definition) is 8. The maximum Gasteiger partial charge on any atom is 0.407 e. The van der Waals surface area contributed by atoms with Crippen LogP contribution in [0.2, 0.25) is 0 Å². The van der Waals surface area contributed by atoms with Crippen LogP contribution in [0.3, 0.4) is 0 Å². The molecule has 19 nitrogen and oxygen atoms in total. The number of hydrogen-bond acceptors (Lipinski definition) is 15. The molecule has 1 unspecified atom stereocenters. The van der Waals surface area contributed by atoms with Gasteiger partial charge < -0.3 is 51.9 Å². The Kier molecular flexibility index (Phi) is 13.0. The second-order valence-corrected chi connectivity index (χ2v) is 13.6. The average Bonchev–Trinajstić information content (AvgIpc) is 3.07. The molecule has 52 heavy (non-hydrogen) atoms. The predicted octanol–water partition coefficient (Wildman–Crippen LogP) is 1.55. The molecule has 0 radical (unpaired) electrons. The lowest BCUT2D eigenvalue weighted by Crippen LogP contribution is -2.63. The van der Waals surface area contributed by atoms with E-state index in [0.29, 0.717) is 24.2 Å². The van der Waals surface area contributed by atoms with Crippen LogP contribution in [0.1, 0.15) is 69.4 Å². The van der Waals surface area contributed by atoms with Crippen LogP contribution in [-0.2, 0) is 25.6 Å². The predicted molar refractivity (Wildman–Crippen MR) is 186 cm³/mol. The molecule has 0 bridgehead atoms. The van der Waals surface area contributed by atoms with E-state index in [1.165, 1.54) is 23.4 Å². The SMILES string of the molecule is CC1(C)CC(NC(=O)OCCOCCNC(=O)CCC(NC(=O)c2ccc(NCc3cnc4nc(N)nc(O)c4n3)cc2)C(=O)O)CC(C)(C)N1O. The molecule has 2 aromatic heterocycles. The number of carboxylic acid groups (broad SMARTS) is 1. The molecule has 4 rings (SSSR count). The van der Waals surface area contributed by atoms with E-state index in [1.807, 2.05) is 27.7 Å². The maximum absolute atomic E-state index is 12.8. The first-order valence-electron chi connectivity index (χ1n) is 16.7. The lowest BCUT2D eigenvalue weighted by molar-refractivity contribution is -0.245. The fraction of sp³-hybridized carbons (Fsp3) is 0.515. The highest BCUT2D eigenvalue weighted by Crippen LogP contribution is 2.36. The molecule has 1 atom stereocenters. The molecule has 1 fully saturated rings. The molecule has 1 aliphatic rings. The number of alkyl carbamates (subject to hydrolysis) is 1. The molecular weight excluding hydrogens is 680 g/mol. The van der Waals surface area contributed by atoms with Crippen molar-refractivity contribution in [1.29, 1.82) is 0 Å². The number of nitrogens with two attached hydrogens (primary N) is 1. The molecule has 1 aliphatic heterocycles. The van der Waals surface area contributed by atoms with E-state index in [-0.39, 0.29) is 80.3 Å². The molecule has 3 amide bonds. The fourth-order valence-corrected chi connectivity index (χ4v) is 5.96. The van der Waals surface area contributed by atoms with E-state index in [4.69, 9.17) is 15.2 Å². The standard InChI is InChI=1S/C33H46N10O9/c1-32(2)15-21(16-33(3,4)43(32)50)39-31(49)52-14-13-51-12-11-35-24(44)10-9-23(29(47)48)40-27(45)19-5-7-20(8-6-19)36-17-22-18-37-26-25(38-22)28(46)42-30(34)41-26/h5-8,18,21,23,36,50H,9-17H2,1-4H3,(H,35,44)(H,39,49)(H,40,45)(H,47,48)(H3,34,37,41,42,46). The van der Waals surface area contributed by atoms with Crippen molar-refractivity contribution in [3.63, 3.8) is 0 Å². The number of rotatable bonds is 16. The van der Waals surface area contributed by atoms with Crippen LogP contribution in [0.25, 0.3) is 11.2 Å². The monoisotopic (exact) mass is 726 g/mol. The van der Waals surface area contributed by atoms with Crippen molar-refractivity contribution in [2.45, 2.75) is 83.1 Å². The number of aromatic hydroxyl groups is 1. The fourth-order valence-electron chi connectivity index (χ4n) is 5.96. The van der Waals surface area contributed by atoms with Crippen LogP contribution < -0.4 is 27.0 Å². The van der Waals surface area contributed by atoms with Gasteiger partial charge in [-0.2, -0.15) is 15.0 Å². The Morgan fingerprint density at radius 3 is 2.38 bits per heavy atom. The Labute approximate surface area is 299 Å². The largest absolute Gasteiger partial charge is 0.492 e.